The molecule has 0 aliphatic carbocycles. The predicted octanol–water partition coefficient (Wildman–Crippen LogP) is 4.73. The van der Waals surface area contributed by atoms with Crippen LogP contribution in [0.3, 0.4) is 0 Å². The van der Waals surface area contributed by atoms with E-state index in [0.29, 0.717) is 5.25 Å². The van der Waals surface area contributed by atoms with Crippen LogP contribution in [0.2, 0.25) is 0 Å². The average Bonchev–Trinajstić information content (AvgIpc) is 3.17. The van der Waals surface area contributed by atoms with Crippen molar-refractivity contribution in [2.24, 2.45) is 0 Å². The Morgan fingerprint density at radius 3 is 2.04 bits per heavy atom. The van der Waals surface area contributed by atoms with Gasteiger partial charge in [0.15, 0.2) is 5.16 Å². The Labute approximate surface area is 151 Å². The Morgan fingerprint density at radius 2 is 1.48 bits per heavy atom. The second-order valence-electron chi connectivity index (χ2n) is 6.09. The number of imidazole rings is 1. The van der Waals surface area contributed by atoms with Crippen molar-refractivity contribution >= 4 is 11.8 Å². The van der Waals surface area contributed by atoms with Crippen LogP contribution in [0.4, 0.5) is 0 Å². The summed E-state index contributed by atoms with van der Waals surface area (Å²) in [5.41, 5.74) is 4.43. The number of rotatable bonds is 4. The molecule has 3 aromatic rings. The van der Waals surface area contributed by atoms with Gasteiger partial charge < -0.3 is 14.0 Å². The highest BCUT2D eigenvalue weighted by atomic mass is 32.2. The highest BCUT2D eigenvalue weighted by Crippen LogP contribution is 2.41. The molecule has 0 radical (unpaired) electrons. The van der Waals surface area contributed by atoms with Crippen molar-refractivity contribution < 1.29 is 9.47 Å². The fraction of sp³-hybridized carbons (Fsp3) is 0.250. The van der Waals surface area contributed by atoms with Crippen molar-refractivity contribution in [2.75, 3.05) is 14.2 Å². The molecule has 25 heavy (non-hydrogen) atoms. The van der Waals surface area contributed by atoms with Crippen molar-refractivity contribution in [3.05, 3.63) is 48.5 Å². The summed E-state index contributed by atoms with van der Waals surface area (Å²) < 4.78 is 12.9. The zero-order chi connectivity index (χ0) is 17.4. The lowest BCUT2D eigenvalue weighted by molar-refractivity contribution is 0.414. The summed E-state index contributed by atoms with van der Waals surface area (Å²) in [6, 6.07) is 16.3. The number of fused-ring (bicyclic) bond motifs is 1. The highest BCUT2D eigenvalue weighted by Gasteiger charge is 2.27. The lowest BCUT2D eigenvalue weighted by Gasteiger charge is -2.10. The zero-order valence-corrected chi connectivity index (χ0v) is 15.3. The SMILES string of the molecule is COc1ccc(-c2nc3n(c2-c2ccc(OC)cc2)CC(C)S3)cc1. The van der Waals surface area contributed by atoms with Gasteiger partial charge in [-0.25, -0.2) is 4.98 Å². The van der Waals surface area contributed by atoms with E-state index in [1.165, 1.54) is 5.69 Å². The van der Waals surface area contributed by atoms with Gasteiger partial charge in [-0.3, -0.25) is 0 Å². The average molecular weight is 352 g/mol. The quantitative estimate of drug-likeness (QED) is 0.680. The van der Waals surface area contributed by atoms with Gasteiger partial charge in [0.2, 0.25) is 0 Å². The van der Waals surface area contributed by atoms with Gasteiger partial charge in [-0.1, -0.05) is 18.7 Å². The maximum absolute atomic E-state index is 5.30. The largest absolute Gasteiger partial charge is 0.497 e. The van der Waals surface area contributed by atoms with Crippen LogP contribution in [-0.2, 0) is 6.54 Å². The molecule has 0 N–H and O–H groups in total. The maximum atomic E-state index is 5.30. The number of ether oxygens (including phenoxy) is 2. The van der Waals surface area contributed by atoms with E-state index < -0.39 is 0 Å². The van der Waals surface area contributed by atoms with E-state index in [9.17, 15) is 0 Å². The Balaban J connectivity index is 1.85. The molecule has 128 valence electrons. The van der Waals surface area contributed by atoms with Gasteiger partial charge in [0.25, 0.3) is 0 Å². The minimum atomic E-state index is 0.546. The van der Waals surface area contributed by atoms with E-state index in [1.807, 2.05) is 36.0 Å². The topological polar surface area (TPSA) is 36.3 Å². The number of benzene rings is 2. The first-order valence-corrected chi connectivity index (χ1v) is 9.13. The molecule has 4 nitrogen and oxygen atoms in total. The summed E-state index contributed by atoms with van der Waals surface area (Å²) in [7, 11) is 3.37. The highest BCUT2D eigenvalue weighted by molar-refractivity contribution is 7.99. The molecule has 0 saturated carbocycles. The lowest BCUT2D eigenvalue weighted by Crippen LogP contribution is -2.02. The van der Waals surface area contributed by atoms with E-state index >= 15 is 0 Å². The molecule has 0 amide bonds. The smallest absolute Gasteiger partial charge is 0.169 e. The van der Waals surface area contributed by atoms with Crippen LogP contribution in [0, 0.1) is 0 Å². The van der Waals surface area contributed by atoms with Crippen LogP contribution in [-0.4, -0.2) is 29.0 Å². The Morgan fingerprint density at radius 1 is 0.920 bits per heavy atom. The molecule has 5 heteroatoms. The van der Waals surface area contributed by atoms with Crippen molar-refractivity contribution in [3.8, 4) is 34.0 Å². The molecule has 1 aliphatic rings. The van der Waals surface area contributed by atoms with Crippen molar-refractivity contribution in [1.29, 1.82) is 0 Å². The zero-order valence-electron chi connectivity index (χ0n) is 14.5. The van der Waals surface area contributed by atoms with E-state index in [2.05, 4.69) is 35.8 Å². The molecule has 0 fully saturated rings. The summed E-state index contributed by atoms with van der Waals surface area (Å²) in [6.45, 7) is 3.22. The fourth-order valence-corrected chi connectivity index (χ4v) is 4.18. The van der Waals surface area contributed by atoms with Crippen LogP contribution >= 0.6 is 11.8 Å². The second kappa shape index (κ2) is 6.48. The van der Waals surface area contributed by atoms with Gasteiger partial charge in [0.05, 0.1) is 25.6 Å². The summed E-state index contributed by atoms with van der Waals surface area (Å²) in [6.07, 6.45) is 0. The van der Waals surface area contributed by atoms with Crippen LogP contribution in [0.15, 0.2) is 53.7 Å². The van der Waals surface area contributed by atoms with E-state index in [1.54, 1.807) is 14.2 Å². The first-order valence-electron chi connectivity index (χ1n) is 8.25. The third-order valence-corrected chi connectivity index (χ3v) is 5.48. The van der Waals surface area contributed by atoms with Gasteiger partial charge in [-0.15, -0.1) is 0 Å². The molecular weight excluding hydrogens is 332 g/mol. The molecule has 0 spiro atoms. The molecular formula is C20H20N2O2S. The predicted molar refractivity (Wildman–Crippen MR) is 102 cm³/mol. The van der Waals surface area contributed by atoms with Gasteiger partial charge in [-0.05, 0) is 48.5 Å². The van der Waals surface area contributed by atoms with Gasteiger partial charge in [-0.2, -0.15) is 0 Å². The Bertz CT molecular complexity index is 885. The molecule has 2 heterocycles. The van der Waals surface area contributed by atoms with Crippen LogP contribution < -0.4 is 9.47 Å². The van der Waals surface area contributed by atoms with Gasteiger partial charge in [0, 0.05) is 22.9 Å². The maximum Gasteiger partial charge on any atom is 0.169 e. The normalized spacial score (nSPS) is 15.9. The lowest BCUT2D eigenvalue weighted by atomic mass is 10.0. The fourth-order valence-electron chi connectivity index (χ4n) is 3.16. The van der Waals surface area contributed by atoms with Crippen molar-refractivity contribution in [2.45, 2.75) is 23.9 Å². The number of thioether (sulfide) groups is 1. The summed E-state index contributed by atoms with van der Waals surface area (Å²) in [5.74, 6) is 1.71. The monoisotopic (exact) mass is 352 g/mol. The molecule has 2 aromatic carbocycles. The first-order chi connectivity index (χ1) is 12.2. The molecule has 1 unspecified atom stereocenters. The molecule has 1 aliphatic heterocycles. The van der Waals surface area contributed by atoms with Crippen molar-refractivity contribution in [3.63, 3.8) is 0 Å². The summed E-state index contributed by atoms with van der Waals surface area (Å²) in [5, 5.41) is 1.63. The minimum absolute atomic E-state index is 0.546. The number of hydrogen-bond donors (Lipinski definition) is 0. The first kappa shape index (κ1) is 16.1. The number of nitrogens with zero attached hydrogens (tertiary/aromatic N) is 2. The van der Waals surface area contributed by atoms with E-state index in [-0.39, 0.29) is 0 Å². The Hall–Kier alpha value is -2.40. The molecule has 1 aromatic heterocycles. The molecule has 4 rings (SSSR count). The van der Waals surface area contributed by atoms with Gasteiger partial charge in [0.1, 0.15) is 11.5 Å². The van der Waals surface area contributed by atoms with E-state index in [4.69, 9.17) is 14.5 Å². The standard InChI is InChI=1S/C20H20N2O2S/c1-13-12-22-19(15-6-10-17(24-3)11-7-15)18(21-20(22)25-13)14-4-8-16(23-2)9-5-14/h4-11,13H,12H2,1-3H3. The summed E-state index contributed by atoms with van der Waals surface area (Å²) >= 11 is 1.83. The third kappa shape index (κ3) is 2.89. The molecule has 0 bridgehead atoms. The van der Waals surface area contributed by atoms with Crippen molar-refractivity contribution in [1.82, 2.24) is 9.55 Å². The minimum Gasteiger partial charge on any atom is -0.497 e. The van der Waals surface area contributed by atoms with E-state index in [0.717, 1.165) is 40.0 Å². The third-order valence-electron chi connectivity index (χ3n) is 4.41. The van der Waals surface area contributed by atoms with Crippen LogP contribution in [0.25, 0.3) is 22.5 Å². The van der Waals surface area contributed by atoms with Crippen LogP contribution in [0.5, 0.6) is 11.5 Å². The van der Waals surface area contributed by atoms with Crippen LogP contribution in [0.1, 0.15) is 6.92 Å². The number of hydrogen-bond acceptors (Lipinski definition) is 4. The molecule has 0 saturated heterocycles. The summed E-state index contributed by atoms with van der Waals surface area (Å²) in [4.78, 5) is 4.94. The number of methoxy groups -OCH3 is 2. The Kier molecular flexibility index (Phi) is 4.17. The molecule has 1 atom stereocenters. The second-order valence-corrected chi connectivity index (χ2v) is 7.49. The van der Waals surface area contributed by atoms with Gasteiger partial charge >= 0.3 is 0 Å². The number of aromatic nitrogens is 2.